The summed E-state index contributed by atoms with van der Waals surface area (Å²) in [5, 5.41) is 0. The van der Waals surface area contributed by atoms with Gasteiger partial charge in [-0.15, -0.1) is 0 Å². The molecule has 13 rings (SSSR count). The van der Waals surface area contributed by atoms with Gasteiger partial charge in [-0.05, 0) is 338 Å². The van der Waals surface area contributed by atoms with Crippen LogP contribution < -0.4 is 29.4 Å². The molecule has 0 fully saturated rings. The Morgan fingerprint density at radius 1 is 0.198 bits per heavy atom. The Morgan fingerprint density at radius 2 is 0.465 bits per heavy atom. The molecule has 0 aromatic heterocycles. The summed E-state index contributed by atoms with van der Waals surface area (Å²) in [7, 11) is 0. The number of rotatable bonds is 24. The molecule has 0 saturated carbocycles. The lowest BCUT2D eigenvalue weighted by Gasteiger charge is -2.31. The summed E-state index contributed by atoms with van der Waals surface area (Å²) < 4.78 is 0. The van der Waals surface area contributed by atoms with Crippen LogP contribution in [-0.2, 0) is 12.8 Å². The van der Waals surface area contributed by atoms with Gasteiger partial charge < -0.3 is 29.4 Å². The minimum atomic E-state index is 1.03. The maximum Gasteiger partial charge on any atom is 0.0519 e. The molecule has 0 bridgehead atoms. The fourth-order valence-corrected chi connectivity index (χ4v) is 14.1. The molecule has 0 spiro atoms. The van der Waals surface area contributed by atoms with E-state index in [1.165, 1.54) is 72.6 Å². The highest BCUT2D eigenvalue weighted by Crippen LogP contribution is 2.47. The molecule has 6 nitrogen and oxygen atoms in total. The summed E-state index contributed by atoms with van der Waals surface area (Å²) in [4.78, 5) is 14.4. The molecular formula is C95H94N6. The van der Waals surface area contributed by atoms with Gasteiger partial charge >= 0.3 is 0 Å². The molecular weight excluding hydrogens is 1230 g/mol. The number of benzene rings is 13. The van der Waals surface area contributed by atoms with Crippen molar-refractivity contribution in [1.29, 1.82) is 0 Å². The number of para-hydroxylation sites is 1. The topological polar surface area (TPSA) is 19.4 Å². The number of unbranched alkanes of at least 4 members (excludes halogenated alkanes) is 2. The minimum absolute atomic E-state index is 1.03. The summed E-state index contributed by atoms with van der Waals surface area (Å²) in [5.74, 6) is 0. The maximum atomic E-state index is 2.48. The molecule has 0 heterocycles. The number of aryl methyl sites for hydroxylation is 11. The van der Waals surface area contributed by atoms with Gasteiger partial charge in [-0.1, -0.05) is 135 Å². The molecule has 0 N–H and O–H groups in total. The Labute approximate surface area is 601 Å². The van der Waals surface area contributed by atoms with Gasteiger partial charge in [-0.2, -0.15) is 0 Å². The van der Waals surface area contributed by atoms with Crippen molar-refractivity contribution in [1.82, 2.24) is 0 Å². The minimum Gasteiger partial charge on any atom is -0.310 e. The molecule has 13 aromatic carbocycles. The first-order valence-corrected chi connectivity index (χ1v) is 36.1. The van der Waals surface area contributed by atoms with E-state index in [-0.39, 0.29) is 0 Å². The first-order valence-electron chi connectivity index (χ1n) is 36.1. The van der Waals surface area contributed by atoms with Crippen LogP contribution in [-0.4, -0.2) is 0 Å². The third-order valence-corrected chi connectivity index (χ3v) is 19.4. The maximum absolute atomic E-state index is 2.48. The van der Waals surface area contributed by atoms with Crippen LogP contribution in [0.15, 0.2) is 297 Å². The van der Waals surface area contributed by atoms with Gasteiger partial charge in [0.15, 0.2) is 0 Å². The Bertz CT molecular complexity index is 4890. The summed E-state index contributed by atoms with van der Waals surface area (Å²) in [6, 6.07) is 111. The first kappa shape index (κ1) is 68.2. The van der Waals surface area contributed by atoms with Crippen LogP contribution in [0.1, 0.15) is 101 Å². The first-order chi connectivity index (χ1) is 49.2. The van der Waals surface area contributed by atoms with Crippen LogP contribution in [0, 0.1) is 62.3 Å². The molecule has 0 unspecified atom stereocenters. The Kier molecular flexibility index (Phi) is 20.8. The zero-order chi connectivity index (χ0) is 70.1. The summed E-state index contributed by atoms with van der Waals surface area (Å²) in [5.41, 5.74) is 33.6. The lowest BCUT2D eigenvalue weighted by atomic mass is 10.00. The molecule has 0 saturated heterocycles. The van der Waals surface area contributed by atoms with Gasteiger partial charge in [0.25, 0.3) is 0 Å². The van der Waals surface area contributed by atoms with Crippen LogP contribution in [0.3, 0.4) is 0 Å². The lowest BCUT2D eigenvalue weighted by molar-refractivity contribution is 0.780. The molecule has 0 radical (unpaired) electrons. The van der Waals surface area contributed by atoms with Crippen LogP contribution in [0.25, 0.3) is 0 Å². The largest absolute Gasteiger partial charge is 0.310 e. The van der Waals surface area contributed by atoms with Gasteiger partial charge in [0.2, 0.25) is 0 Å². The summed E-state index contributed by atoms with van der Waals surface area (Å²) >= 11 is 0. The van der Waals surface area contributed by atoms with Crippen molar-refractivity contribution in [3.8, 4) is 0 Å². The second-order valence-corrected chi connectivity index (χ2v) is 27.5. The average molecular weight is 1320 g/mol. The predicted octanol–water partition coefficient (Wildman–Crippen LogP) is 28.0. The number of anilines is 18. The van der Waals surface area contributed by atoms with Crippen molar-refractivity contribution >= 4 is 102 Å². The van der Waals surface area contributed by atoms with Crippen molar-refractivity contribution in [3.63, 3.8) is 0 Å². The summed E-state index contributed by atoms with van der Waals surface area (Å²) in [6.45, 7) is 24.2. The SMILES string of the molecule is CCCCc1cc(CCCC)cc(N(c2ccc(N(c3ccc(N(c4ccc(N(c5ccc(C)cc5)c5cccc(C)c5)cc4)c4cccc(C)c4)cc3)c3cccc(C)c3)cc2)c2ccc(N(c3ccc(N(c4ccc(C)cc4)c4c(C)cccc4C)cc3)c3cc(C)ccc3C)cc2)c1. The van der Waals surface area contributed by atoms with E-state index >= 15 is 0 Å². The van der Waals surface area contributed by atoms with E-state index < -0.39 is 0 Å². The van der Waals surface area contributed by atoms with E-state index in [4.69, 9.17) is 0 Å². The van der Waals surface area contributed by atoms with E-state index in [2.05, 4.69) is 403 Å². The highest BCUT2D eigenvalue weighted by Gasteiger charge is 2.24. The Hall–Kier alpha value is -11.3. The van der Waals surface area contributed by atoms with Crippen molar-refractivity contribution in [2.24, 2.45) is 0 Å². The van der Waals surface area contributed by atoms with Gasteiger partial charge in [0.05, 0.1) is 5.69 Å². The summed E-state index contributed by atoms with van der Waals surface area (Å²) in [6.07, 6.45) is 6.63. The highest BCUT2D eigenvalue weighted by molar-refractivity contribution is 5.88. The fraction of sp³-hybridized carbons (Fsp3) is 0.179. The molecule has 101 heavy (non-hydrogen) atoms. The van der Waals surface area contributed by atoms with Crippen molar-refractivity contribution in [3.05, 3.63) is 358 Å². The van der Waals surface area contributed by atoms with Crippen LogP contribution in [0.5, 0.6) is 0 Å². The molecule has 504 valence electrons. The third-order valence-electron chi connectivity index (χ3n) is 19.4. The predicted molar refractivity (Wildman–Crippen MR) is 434 cm³/mol. The molecule has 13 aromatic rings. The lowest BCUT2D eigenvalue weighted by Crippen LogP contribution is -2.15. The molecule has 0 aliphatic carbocycles. The fourth-order valence-electron chi connectivity index (χ4n) is 14.1. The number of hydrogen-bond acceptors (Lipinski definition) is 6. The zero-order valence-corrected chi connectivity index (χ0v) is 60.7. The number of hydrogen-bond donors (Lipinski definition) is 0. The monoisotopic (exact) mass is 1320 g/mol. The standard InChI is InChI=1S/C95H94N6/c1-12-14-25-76-64-77(26-15-13-2)66-93(65-76)99(85-52-54-86(55-53-85)100(94-63-72(8)30-35-73(94)9)87-56-58-89(59-57-87)101(88-38-33-68(4)34-39-88)95-74(10)23-19-24-75(95)11)84-50-48-83(49-51-84)98(92-29-18-22-71(7)62-92)82-46-44-81(45-47-82)97(91-28-17-21-70(6)61-91)80-42-40-79(41-43-80)96(78-36-31-67(3)32-37-78)90-27-16-20-69(5)60-90/h16-24,27-66H,12-15,25-26H2,1-11H3. The molecule has 0 amide bonds. The molecule has 6 heteroatoms. The van der Waals surface area contributed by atoms with E-state index in [1.807, 2.05) is 0 Å². The molecule has 0 aliphatic heterocycles. The second-order valence-electron chi connectivity index (χ2n) is 27.5. The van der Waals surface area contributed by atoms with Gasteiger partial charge in [-0.3, -0.25) is 0 Å². The van der Waals surface area contributed by atoms with E-state index in [0.29, 0.717) is 0 Å². The van der Waals surface area contributed by atoms with Crippen LogP contribution in [0.4, 0.5) is 102 Å². The number of nitrogens with zero attached hydrogens (tertiary/aromatic N) is 6. The van der Waals surface area contributed by atoms with E-state index in [1.54, 1.807) is 0 Å². The highest BCUT2D eigenvalue weighted by atomic mass is 15.2. The quantitative estimate of drug-likeness (QED) is 0.0596. The van der Waals surface area contributed by atoms with Crippen molar-refractivity contribution in [2.45, 2.75) is 115 Å². The second kappa shape index (κ2) is 30.8. The van der Waals surface area contributed by atoms with Gasteiger partial charge in [-0.25, -0.2) is 0 Å². The average Bonchev–Trinajstić information content (AvgIpc) is 0.787. The molecule has 0 atom stereocenters. The van der Waals surface area contributed by atoms with Crippen LogP contribution in [0.2, 0.25) is 0 Å². The Morgan fingerprint density at radius 3 is 0.782 bits per heavy atom. The van der Waals surface area contributed by atoms with E-state index in [0.717, 1.165) is 130 Å². The van der Waals surface area contributed by atoms with E-state index in [9.17, 15) is 0 Å². The van der Waals surface area contributed by atoms with Crippen molar-refractivity contribution in [2.75, 3.05) is 29.4 Å². The van der Waals surface area contributed by atoms with Gasteiger partial charge in [0.1, 0.15) is 0 Å². The van der Waals surface area contributed by atoms with Crippen LogP contribution >= 0.6 is 0 Å². The Balaban J connectivity index is 0.874. The molecule has 0 aliphatic rings. The smallest absolute Gasteiger partial charge is 0.0519 e. The van der Waals surface area contributed by atoms with Gasteiger partial charge in [0, 0.05) is 96.7 Å². The van der Waals surface area contributed by atoms with Crippen molar-refractivity contribution < 1.29 is 0 Å². The third kappa shape index (κ3) is 15.4. The zero-order valence-electron chi connectivity index (χ0n) is 60.7. The normalized spacial score (nSPS) is 11.2.